The first-order valence-corrected chi connectivity index (χ1v) is 8.93. The van der Waals surface area contributed by atoms with E-state index in [-0.39, 0.29) is 11.6 Å². The van der Waals surface area contributed by atoms with Gasteiger partial charge in [0.1, 0.15) is 0 Å². The Kier molecular flexibility index (Phi) is 5.76. The van der Waals surface area contributed by atoms with E-state index in [0.29, 0.717) is 18.3 Å². The summed E-state index contributed by atoms with van der Waals surface area (Å²) in [7, 11) is 0. The highest BCUT2D eigenvalue weighted by Gasteiger charge is 2.12. The number of carbonyl (C=O) groups is 1. The van der Waals surface area contributed by atoms with Gasteiger partial charge in [0.2, 0.25) is 0 Å². The number of hydrogen-bond acceptors (Lipinski definition) is 5. The molecule has 0 aliphatic rings. The maximum absolute atomic E-state index is 12.2. The molecule has 0 atom stereocenters. The molecule has 0 bridgehead atoms. The minimum atomic E-state index is -0.279. The van der Waals surface area contributed by atoms with Crippen molar-refractivity contribution in [2.75, 3.05) is 5.32 Å². The summed E-state index contributed by atoms with van der Waals surface area (Å²) < 4.78 is 0. The van der Waals surface area contributed by atoms with Crippen molar-refractivity contribution >= 4 is 17.4 Å². The molecule has 1 amide bonds. The molecule has 0 saturated carbocycles. The number of para-hydroxylation sites is 1. The lowest BCUT2D eigenvalue weighted by molar-refractivity contribution is 0.0944. The molecule has 2 aromatic heterocycles. The Morgan fingerprint density at radius 2 is 1.89 bits per heavy atom. The van der Waals surface area contributed by atoms with Crippen LogP contribution >= 0.6 is 0 Å². The zero-order chi connectivity index (χ0) is 19.2. The summed E-state index contributed by atoms with van der Waals surface area (Å²) in [5, 5.41) is 14.3. The summed E-state index contributed by atoms with van der Waals surface area (Å²) in [5.74, 6) is 0.711. The highest BCUT2D eigenvalue weighted by Crippen LogP contribution is 2.29. The van der Waals surface area contributed by atoms with Crippen LogP contribution in [0.5, 0.6) is 0 Å². The molecule has 6 nitrogen and oxygen atoms in total. The second kappa shape index (κ2) is 8.40. The summed E-state index contributed by atoms with van der Waals surface area (Å²) in [5.41, 5.74) is 4.45. The highest BCUT2D eigenvalue weighted by atomic mass is 16.1. The maximum atomic E-state index is 12.2. The Labute approximate surface area is 159 Å². The third-order valence-electron chi connectivity index (χ3n) is 4.23. The van der Waals surface area contributed by atoms with E-state index < -0.39 is 0 Å². The van der Waals surface area contributed by atoms with Crippen LogP contribution in [-0.2, 0) is 6.54 Å². The van der Waals surface area contributed by atoms with Crippen molar-refractivity contribution in [1.29, 1.82) is 0 Å². The number of aryl methyl sites for hydroxylation is 1. The fourth-order valence-corrected chi connectivity index (χ4v) is 2.75. The van der Waals surface area contributed by atoms with Crippen LogP contribution in [-0.4, -0.2) is 21.1 Å². The van der Waals surface area contributed by atoms with Crippen molar-refractivity contribution in [3.8, 4) is 0 Å². The fourth-order valence-electron chi connectivity index (χ4n) is 2.75. The molecule has 27 heavy (non-hydrogen) atoms. The lowest BCUT2D eigenvalue weighted by Gasteiger charge is -2.16. The first-order valence-electron chi connectivity index (χ1n) is 8.93. The lowest BCUT2D eigenvalue weighted by atomic mass is 9.98. The second-order valence-corrected chi connectivity index (χ2v) is 6.63. The van der Waals surface area contributed by atoms with Gasteiger partial charge in [-0.25, -0.2) is 0 Å². The van der Waals surface area contributed by atoms with Crippen molar-refractivity contribution in [2.45, 2.75) is 33.2 Å². The molecule has 1 aromatic carbocycles. The molecule has 3 rings (SSSR count). The van der Waals surface area contributed by atoms with Crippen LogP contribution in [0.25, 0.3) is 0 Å². The molecule has 6 heteroatoms. The van der Waals surface area contributed by atoms with Crippen molar-refractivity contribution in [3.05, 3.63) is 77.2 Å². The van der Waals surface area contributed by atoms with Gasteiger partial charge >= 0.3 is 0 Å². The molecule has 0 spiro atoms. The summed E-state index contributed by atoms with van der Waals surface area (Å²) in [6.07, 6.45) is 1.69. The summed E-state index contributed by atoms with van der Waals surface area (Å²) in [4.78, 5) is 16.4. The topological polar surface area (TPSA) is 79.8 Å². The SMILES string of the molecule is Cc1cccc(C(C)C)c1Nc1ccc(C(=O)NCc2ccccn2)nn1. The minimum Gasteiger partial charge on any atom is -0.345 e. The van der Waals surface area contributed by atoms with Gasteiger partial charge in [0.25, 0.3) is 5.91 Å². The number of benzene rings is 1. The van der Waals surface area contributed by atoms with Crippen LogP contribution in [0.2, 0.25) is 0 Å². The largest absolute Gasteiger partial charge is 0.345 e. The minimum absolute atomic E-state index is 0.269. The van der Waals surface area contributed by atoms with Gasteiger partial charge in [-0.3, -0.25) is 9.78 Å². The van der Waals surface area contributed by atoms with E-state index in [9.17, 15) is 4.79 Å². The van der Waals surface area contributed by atoms with Crippen LogP contribution < -0.4 is 10.6 Å². The Balaban J connectivity index is 1.68. The average Bonchev–Trinajstić information content (AvgIpc) is 2.69. The summed E-state index contributed by atoms with van der Waals surface area (Å²) >= 11 is 0. The quantitative estimate of drug-likeness (QED) is 0.694. The van der Waals surface area contributed by atoms with E-state index in [0.717, 1.165) is 16.9 Å². The molecular weight excluding hydrogens is 338 g/mol. The number of carbonyl (C=O) groups excluding carboxylic acids is 1. The summed E-state index contributed by atoms with van der Waals surface area (Å²) in [6.45, 7) is 6.71. The first-order chi connectivity index (χ1) is 13.0. The molecular formula is C21H23N5O. The second-order valence-electron chi connectivity index (χ2n) is 6.63. The van der Waals surface area contributed by atoms with Crippen LogP contribution in [0, 0.1) is 6.92 Å². The standard InChI is InChI=1S/C21H23N5O/c1-14(2)17-9-6-7-15(3)20(17)24-19-11-10-18(25-26-19)21(27)23-13-16-8-4-5-12-22-16/h4-12,14H,13H2,1-3H3,(H,23,27)(H,24,26). The zero-order valence-electron chi connectivity index (χ0n) is 15.7. The Morgan fingerprint density at radius 3 is 2.56 bits per heavy atom. The Hall–Kier alpha value is -3.28. The van der Waals surface area contributed by atoms with Crippen molar-refractivity contribution < 1.29 is 4.79 Å². The normalized spacial score (nSPS) is 10.7. The van der Waals surface area contributed by atoms with Gasteiger partial charge < -0.3 is 10.6 Å². The van der Waals surface area contributed by atoms with E-state index >= 15 is 0 Å². The third-order valence-corrected chi connectivity index (χ3v) is 4.23. The number of anilines is 2. The van der Waals surface area contributed by atoms with Crippen LogP contribution in [0.3, 0.4) is 0 Å². The molecule has 0 aliphatic carbocycles. The Morgan fingerprint density at radius 1 is 1.04 bits per heavy atom. The predicted molar refractivity (Wildman–Crippen MR) is 106 cm³/mol. The van der Waals surface area contributed by atoms with E-state index in [1.165, 1.54) is 5.56 Å². The Bertz CT molecular complexity index is 908. The number of nitrogens with one attached hydrogen (secondary N) is 2. The molecule has 0 unspecified atom stereocenters. The van der Waals surface area contributed by atoms with Crippen molar-refractivity contribution in [2.24, 2.45) is 0 Å². The average molecular weight is 361 g/mol. The molecule has 3 aromatic rings. The first kappa shape index (κ1) is 18.5. The predicted octanol–water partition coefficient (Wildman–Crippen LogP) is 3.98. The van der Waals surface area contributed by atoms with Gasteiger partial charge in [0.05, 0.1) is 12.2 Å². The molecule has 0 fully saturated rings. The summed E-state index contributed by atoms with van der Waals surface area (Å²) in [6, 6.07) is 15.2. The maximum Gasteiger partial charge on any atom is 0.272 e. The van der Waals surface area contributed by atoms with E-state index in [2.05, 4.69) is 64.8 Å². The van der Waals surface area contributed by atoms with Gasteiger partial charge in [-0.2, -0.15) is 0 Å². The zero-order valence-corrected chi connectivity index (χ0v) is 15.7. The van der Waals surface area contributed by atoms with Crippen LogP contribution in [0.4, 0.5) is 11.5 Å². The molecule has 138 valence electrons. The van der Waals surface area contributed by atoms with E-state index in [1.54, 1.807) is 18.3 Å². The van der Waals surface area contributed by atoms with Crippen molar-refractivity contribution in [3.63, 3.8) is 0 Å². The smallest absolute Gasteiger partial charge is 0.272 e. The monoisotopic (exact) mass is 361 g/mol. The molecule has 0 saturated heterocycles. The number of hydrogen-bond donors (Lipinski definition) is 2. The molecule has 0 radical (unpaired) electrons. The van der Waals surface area contributed by atoms with Crippen LogP contribution in [0.15, 0.2) is 54.7 Å². The number of nitrogens with zero attached hydrogens (tertiary/aromatic N) is 3. The van der Waals surface area contributed by atoms with Gasteiger partial charge in [0.15, 0.2) is 11.5 Å². The van der Waals surface area contributed by atoms with Crippen LogP contribution in [0.1, 0.15) is 47.1 Å². The molecule has 0 aliphatic heterocycles. The number of pyridine rings is 1. The van der Waals surface area contributed by atoms with Gasteiger partial charge in [-0.15, -0.1) is 10.2 Å². The van der Waals surface area contributed by atoms with Gasteiger partial charge in [-0.05, 0) is 48.2 Å². The lowest BCUT2D eigenvalue weighted by Crippen LogP contribution is -2.24. The molecule has 2 heterocycles. The van der Waals surface area contributed by atoms with Gasteiger partial charge in [0, 0.05) is 11.9 Å². The van der Waals surface area contributed by atoms with E-state index in [4.69, 9.17) is 0 Å². The fraction of sp³-hybridized carbons (Fsp3) is 0.238. The number of rotatable bonds is 6. The van der Waals surface area contributed by atoms with Gasteiger partial charge in [-0.1, -0.05) is 38.1 Å². The van der Waals surface area contributed by atoms with E-state index in [1.807, 2.05) is 18.2 Å². The number of aromatic nitrogens is 3. The van der Waals surface area contributed by atoms with Crippen molar-refractivity contribution in [1.82, 2.24) is 20.5 Å². The highest BCUT2D eigenvalue weighted by molar-refractivity contribution is 5.92. The number of amides is 1. The third kappa shape index (κ3) is 4.67. The molecule has 2 N–H and O–H groups in total.